The second-order valence-corrected chi connectivity index (χ2v) is 2.79. The Kier molecular flexibility index (Phi) is 4.09. The number of nitrogens with zero attached hydrogens (tertiary/aromatic N) is 1. The Morgan fingerprint density at radius 1 is 1.86 bits per heavy atom. The first-order chi connectivity index (χ1) is 6.74. The number of H-pyrrole nitrogens is 1. The molecule has 1 rings (SSSR count). The topological polar surface area (TPSA) is 87.2 Å². The molecule has 0 spiro atoms. The van der Waals surface area contributed by atoms with Gasteiger partial charge in [-0.1, -0.05) is 0 Å². The molecule has 0 aliphatic carbocycles. The minimum atomic E-state index is -0.688. The summed E-state index contributed by atoms with van der Waals surface area (Å²) in [7, 11) is 1.49. The van der Waals surface area contributed by atoms with Gasteiger partial charge in [-0.15, -0.1) is 0 Å². The average Bonchev–Trinajstić information content (AvgIpc) is 2.67. The van der Waals surface area contributed by atoms with Crippen LogP contribution >= 0.6 is 0 Å². The maximum absolute atomic E-state index is 11.3. The van der Waals surface area contributed by atoms with Crippen LogP contribution in [-0.2, 0) is 4.74 Å². The molecule has 0 radical (unpaired) electrons. The summed E-state index contributed by atoms with van der Waals surface area (Å²) in [5.74, 6) is -0.294. The van der Waals surface area contributed by atoms with Crippen LogP contribution in [0.5, 0.6) is 0 Å². The maximum atomic E-state index is 11.3. The van der Waals surface area contributed by atoms with Crippen LogP contribution in [0.1, 0.15) is 10.5 Å². The molecule has 1 aromatic heterocycles. The first-order valence-corrected chi connectivity index (χ1v) is 4.18. The Balaban J connectivity index is 2.28. The molecule has 0 bridgehead atoms. The summed E-state index contributed by atoms with van der Waals surface area (Å²) in [5, 5.41) is 17.9. The fraction of sp³-hybridized carbons (Fsp3) is 0.500. The number of aromatic amines is 1. The fourth-order valence-electron chi connectivity index (χ4n) is 0.939. The van der Waals surface area contributed by atoms with Crippen LogP contribution in [0.25, 0.3) is 0 Å². The van der Waals surface area contributed by atoms with E-state index in [9.17, 15) is 9.90 Å². The molecule has 0 aliphatic rings. The Bertz CT molecular complexity index is 273. The summed E-state index contributed by atoms with van der Waals surface area (Å²) in [6, 6.07) is 1.55. The van der Waals surface area contributed by atoms with Crippen LogP contribution in [0.3, 0.4) is 0 Å². The lowest BCUT2D eigenvalue weighted by atomic mass is 10.3. The van der Waals surface area contributed by atoms with E-state index in [2.05, 4.69) is 15.5 Å². The zero-order valence-corrected chi connectivity index (χ0v) is 7.86. The largest absolute Gasteiger partial charge is 0.389 e. The number of aliphatic hydroxyl groups is 1. The van der Waals surface area contributed by atoms with Gasteiger partial charge in [-0.05, 0) is 6.07 Å². The summed E-state index contributed by atoms with van der Waals surface area (Å²) >= 11 is 0. The van der Waals surface area contributed by atoms with Crippen molar-refractivity contribution in [2.45, 2.75) is 6.10 Å². The highest BCUT2D eigenvalue weighted by atomic mass is 16.5. The van der Waals surface area contributed by atoms with E-state index in [0.717, 1.165) is 0 Å². The molecule has 0 saturated carbocycles. The van der Waals surface area contributed by atoms with E-state index in [0.29, 0.717) is 5.69 Å². The predicted molar refractivity (Wildman–Crippen MR) is 48.8 cm³/mol. The molecular formula is C8H13N3O3. The van der Waals surface area contributed by atoms with Crippen molar-refractivity contribution in [3.8, 4) is 0 Å². The Labute approximate surface area is 81.3 Å². The van der Waals surface area contributed by atoms with Crippen LogP contribution in [-0.4, -0.2) is 47.6 Å². The van der Waals surface area contributed by atoms with Gasteiger partial charge in [0.1, 0.15) is 5.69 Å². The average molecular weight is 199 g/mol. The van der Waals surface area contributed by atoms with E-state index in [4.69, 9.17) is 4.74 Å². The molecule has 1 unspecified atom stereocenters. The monoisotopic (exact) mass is 199 g/mol. The minimum absolute atomic E-state index is 0.158. The fourth-order valence-corrected chi connectivity index (χ4v) is 0.939. The highest BCUT2D eigenvalue weighted by Gasteiger charge is 2.08. The zero-order chi connectivity index (χ0) is 10.4. The van der Waals surface area contributed by atoms with Crippen molar-refractivity contribution >= 4 is 5.91 Å². The first kappa shape index (κ1) is 10.7. The van der Waals surface area contributed by atoms with Crippen molar-refractivity contribution in [1.29, 1.82) is 0 Å². The third-order valence-electron chi connectivity index (χ3n) is 1.60. The molecule has 1 heterocycles. The highest BCUT2D eigenvalue weighted by Crippen LogP contribution is 1.91. The lowest BCUT2D eigenvalue weighted by Crippen LogP contribution is -2.34. The Hall–Kier alpha value is -1.40. The van der Waals surface area contributed by atoms with Crippen molar-refractivity contribution in [2.24, 2.45) is 0 Å². The van der Waals surface area contributed by atoms with E-state index in [1.165, 1.54) is 13.3 Å². The predicted octanol–water partition coefficient (Wildman–Crippen LogP) is -0.853. The minimum Gasteiger partial charge on any atom is -0.389 e. The van der Waals surface area contributed by atoms with Gasteiger partial charge >= 0.3 is 0 Å². The molecule has 0 saturated heterocycles. The lowest BCUT2D eigenvalue weighted by molar-refractivity contribution is 0.0608. The van der Waals surface area contributed by atoms with Gasteiger partial charge in [0.05, 0.1) is 12.7 Å². The lowest BCUT2D eigenvalue weighted by Gasteiger charge is -2.09. The summed E-state index contributed by atoms with van der Waals surface area (Å²) in [4.78, 5) is 11.3. The van der Waals surface area contributed by atoms with E-state index < -0.39 is 6.10 Å². The van der Waals surface area contributed by atoms with Crippen LogP contribution in [0.15, 0.2) is 12.3 Å². The summed E-state index contributed by atoms with van der Waals surface area (Å²) < 4.78 is 4.71. The van der Waals surface area contributed by atoms with Gasteiger partial charge in [0.2, 0.25) is 0 Å². The molecule has 0 fully saturated rings. The molecule has 78 valence electrons. The van der Waals surface area contributed by atoms with Gasteiger partial charge in [0.15, 0.2) is 0 Å². The first-order valence-electron chi connectivity index (χ1n) is 4.18. The summed E-state index contributed by atoms with van der Waals surface area (Å²) in [6.45, 7) is 0.356. The second kappa shape index (κ2) is 5.36. The third-order valence-corrected chi connectivity index (χ3v) is 1.60. The zero-order valence-electron chi connectivity index (χ0n) is 7.86. The molecule has 1 aromatic rings. The van der Waals surface area contributed by atoms with Crippen LogP contribution in [0.4, 0.5) is 0 Å². The summed E-state index contributed by atoms with van der Waals surface area (Å²) in [5.41, 5.74) is 0.370. The number of hydrogen-bond acceptors (Lipinski definition) is 4. The number of amides is 1. The normalized spacial score (nSPS) is 12.4. The van der Waals surface area contributed by atoms with Gasteiger partial charge in [-0.2, -0.15) is 5.10 Å². The number of aromatic nitrogens is 2. The van der Waals surface area contributed by atoms with Crippen molar-refractivity contribution in [3.05, 3.63) is 18.0 Å². The number of carbonyl (C=O) groups excluding carboxylic acids is 1. The van der Waals surface area contributed by atoms with E-state index >= 15 is 0 Å². The smallest absolute Gasteiger partial charge is 0.269 e. The van der Waals surface area contributed by atoms with E-state index in [1.54, 1.807) is 6.07 Å². The van der Waals surface area contributed by atoms with Crippen molar-refractivity contribution < 1.29 is 14.6 Å². The molecule has 1 amide bonds. The molecule has 1 atom stereocenters. The van der Waals surface area contributed by atoms with Crippen molar-refractivity contribution in [3.63, 3.8) is 0 Å². The van der Waals surface area contributed by atoms with Crippen LogP contribution in [0.2, 0.25) is 0 Å². The number of nitrogens with one attached hydrogen (secondary N) is 2. The van der Waals surface area contributed by atoms with Gasteiger partial charge in [0, 0.05) is 19.9 Å². The van der Waals surface area contributed by atoms with Gasteiger partial charge in [0.25, 0.3) is 5.91 Å². The van der Waals surface area contributed by atoms with Crippen molar-refractivity contribution in [1.82, 2.24) is 15.5 Å². The number of carbonyl (C=O) groups is 1. The highest BCUT2D eigenvalue weighted by molar-refractivity contribution is 5.92. The number of rotatable bonds is 5. The molecule has 14 heavy (non-hydrogen) atoms. The number of aliphatic hydroxyl groups excluding tert-OH is 1. The van der Waals surface area contributed by atoms with Crippen LogP contribution in [0, 0.1) is 0 Å². The third kappa shape index (κ3) is 3.15. The molecular weight excluding hydrogens is 186 g/mol. The Morgan fingerprint density at radius 3 is 3.21 bits per heavy atom. The molecule has 6 heteroatoms. The van der Waals surface area contributed by atoms with Gasteiger partial charge in [-0.3, -0.25) is 9.89 Å². The Morgan fingerprint density at radius 2 is 2.64 bits per heavy atom. The van der Waals surface area contributed by atoms with Crippen LogP contribution < -0.4 is 5.32 Å². The quantitative estimate of drug-likeness (QED) is 0.576. The molecule has 0 aromatic carbocycles. The van der Waals surface area contributed by atoms with E-state index in [1.807, 2.05) is 0 Å². The number of hydrogen-bond donors (Lipinski definition) is 3. The maximum Gasteiger partial charge on any atom is 0.269 e. The second-order valence-electron chi connectivity index (χ2n) is 2.79. The molecule has 0 aliphatic heterocycles. The number of ether oxygens (including phenoxy) is 1. The van der Waals surface area contributed by atoms with Gasteiger partial charge < -0.3 is 15.2 Å². The molecule has 6 nitrogen and oxygen atoms in total. The molecule has 3 N–H and O–H groups in total. The van der Waals surface area contributed by atoms with Gasteiger partial charge in [-0.25, -0.2) is 0 Å². The van der Waals surface area contributed by atoms with E-state index in [-0.39, 0.29) is 19.1 Å². The van der Waals surface area contributed by atoms with Crippen molar-refractivity contribution in [2.75, 3.05) is 20.3 Å². The SMILES string of the molecule is COCC(O)CNC(=O)c1ccn[nH]1. The standard InChI is InChI=1S/C8H13N3O3/c1-14-5-6(12)4-9-8(13)7-2-3-10-11-7/h2-3,6,12H,4-5H2,1H3,(H,9,13)(H,10,11). The summed E-state index contributed by atoms with van der Waals surface area (Å²) in [6.07, 6.45) is 0.799. The number of methoxy groups -OCH3 is 1.